The van der Waals surface area contributed by atoms with Gasteiger partial charge in [-0.05, 0) is 131 Å². The second kappa shape index (κ2) is 19.6. The number of para-hydroxylation sites is 1. The molecule has 1 heteroatoms. The lowest BCUT2D eigenvalue weighted by molar-refractivity contribution is 0.469. The van der Waals surface area contributed by atoms with Gasteiger partial charge in [-0.25, -0.2) is 0 Å². The van der Waals surface area contributed by atoms with Gasteiger partial charge in [-0.1, -0.05) is 88.1 Å². The van der Waals surface area contributed by atoms with Crippen LogP contribution in [0.5, 0.6) is 5.75 Å². The second-order valence-electron chi connectivity index (χ2n) is 11.1. The van der Waals surface area contributed by atoms with Crippen molar-refractivity contribution >= 4 is 0 Å². The SMILES string of the molecule is CC(C)=CCCC(C)=CCCC(C)=CCCC(C)=CCCC(C)=CCCC(C)=CCc1ccccc1O. The quantitative estimate of drug-likeness (QED) is 0.210. The van der Waals surface area contributed by atoms with E-state index in [1.807, 2.05) is 18.2 Å². The average molecular weight is 503 g/mol. The van der Waals surface area contributed by atoms with Gasteiger partial charge in [-0.2, -0.15) is 0 Å². The van der Waals surface area contributed by atoms with Crippen molar-refractivity contribution < 1.29 is 5.11 Å². The highest BCUT2D eigenvalue weighted by atomic mass is 16.3. The summed E-state index contributed by atoms with van der Waals surface area (Å²) in [5, 5.41) is 9.90. The Labute approximate surface area is 229 Å². The Balaban J connectivity index is 2.25. The summed E-state index contributed by atoms with van der Waals surface area (Å²) >= 11 is 0. The Bertz CT molecular complexity index is 974. The van der Waals surface area contributed by atoms with Crippen LogP contribution in [-0.2, 0) is 6.42 Å². The molecule has 1 aromatic carbocycles. The summed E-state index contributed by atoms with van der Waals surface area (Å²) in [5.74, 6) is 0.390. The number of hydrogen-bond donors (Lipinski definition) is 1. The first kappa shape index (κ1) is 32.5. The van der Waals surface area contributed by atoms with Crippen LogP contribution in [0.1, 0.15) is 118 Å². The predicted molar refractivity (Wildman–Crippen MR) is 166 cm³/mol. The molecule has 0 fully saturated rings. The summed E-state index contributed by atoms with van der Waals surface area (Å²) in [7, 11) is 0. The van der Waals surface area contributed by atoms with Gasteiger partial charge >= 0.3 is 0 Å². The molecule has 0 bridgehead atoms. The van der Waals surface area contributed by atoms with Crippen molar-refractivity contribution in [2.24, 2.45) is 0 Å². The molecule has 1 rings (SSSR count). The van der Waals surface area contributed by atoms with Gasteiger partial charge in [-0.3, -0.25) is 0 Å². The first-order valence-corrected chi connectivity index (χ1v) is 14.4. The van der Waals surface area contributed by atoms with Crippen LogP contribution in [0, 0.1) is 0 Å². The van der Waals surface area contributed by atoms with E-state index in [1.165, 1.54) is 59.1 Å². The zero-order chi connectivity index (χ0) is 27.5. The summed E-state index contributed by atoms with van der Waals surface area (Å²) in [4.78, 5) is 0. The Morgan fingerprint density at radius 3 is 1.24 bits per heavy atom. The van der Waals surface area contributed by atoms with Crippen molar-refractivity contribution in [1.82, 2.24) is 0 Å². The number of phenolic OH excluding ortho intramolecular Hbond substituents is 1. The van der Waals surface area contributed by atoms with Crippen LogP contribution in [0.15, 0.2) is 94.2 Å². The van der Waals surface area contributed by atoms with E-state index in [-0.39, 0.29) is 0 Å². The fourth-order valence-electron chi connectivity index (χ4n) is 4.25. The van der Waals surface area contributed by atoms with Gasteiger partial charge in [0.2, 0.25) is 0 Å². The molecule has 0 amide bonds. The van der Waals surface area contributed by atoms with Gasteiger partial charge in [0, 0.05) is 0 Å². The summed E-state index contributed by atoms with van der Waals surface area (Å²) < 4.78 is 0. The van der Waals surface area contributed by atoms with Crippen molar-refractivity contribution in [3.63, 3.8) is 0 Å². The zero-order valence-corrected chi connectivity index (χ0v) is 25.0. The maximum absolute atomic E-state index is 9.90. The van der Waals surface area contributed by atoms with E-state index in [4.69, 9.17) is 0 Å². The van der Waals surface area contributed by atoms with Crippen LogP contribution >= 0.6 is 0 Å². The molecule has 0 aromatic heterocycles. The lowest BCUT2D eigenvalue weighted by atomic mass is 10.0. The minimum atomic E-state index is 0.390. The molecule has 1 N–H and O–H groups in total. The van der Waals surface area contributed by atoms with Gasteiger partial charge in [0.15, 0.2) is 0 Å². The van der Waals surface area contributed by atoms with E-state index in [0.29, 0.717) is 5.75 Å². The van der Waals surface area contributed by atoms with Crippen LogP contribution in [0.2, 0.25) is 0 Å². The standard InChI is InChI=1S/C36H54O/c1-29(2)15-10-16-30(3)17-11-18-31(4)19-12-20-32(5)21-13-22-33(6)23-14-24-34(7)27-28-35-25-8-9-26-36(35)37/h8-9,15,17,19,21,23,25-27,37H,10-14,16,18,20,22,24,28H2,1-7H3. The van der Waals surface area contributed by atoms with Crippen LogP contribution in [-0.4, -0.2) is 5.11 Å². The van der Waals surface area contributed by atoms with Gasteiger partial charge < -0.3 is 5.11 Å². The first-order chi connectivity index (χ1) is 17.7. The lowest BCUT2D eigenvalue weighted by Crippen LogP contribution is -1.85. The van der Waals surface area contributed by atoms with Crippen molar-refractivity contribution in [2.75, 3.05) is 0 Å². The minimum absolute atomic E-state index is 0.390. The van der Waals surface area contributed by atoms with E-state index < -0.39 is 0 Å². The van der Waals surface area contributed by atoms with Crippen LogP contribution in [0.25, 0.3) is 0 Å². The fraction of sp³-hybridized carbons (Fsp3) is 0.500. The molecule has 0 radical (unpaired) electrons. The minimum Gasteiger partial charge on any atom is -0.508 e. The largest absolute Gasteiger partial charge is 0.508 e. The molecular weight excluding hydrogens is 448 g/mol. The van der Waals surface area contributed by atoms with Crippen molar-refractivity contribution in [1.29, 1.82) is 0 Å². The molecule has 0 unspecified atom stereocenters. The maximum Gasteiger partial charge on any atom is 0.119 e. The number of rotatable bonds is 17. The van der Waals surface area contributed by atoms with Gasteiger partial charge in [0.1, 0.15) is 5.75 Å². The predicted octanol–water partition coefficient (Wildman–Crippen LogP) is 11.5. The third-order valence-electron chi connectivity index (χ3n) is 6.88. The summed E-state index contributed by atoms with van der Waals surface area (Å²) in [5.41, 5.74) is 9.83. The highest BCUT2D eigenvalue weighted by Gasteiger charge is 1.98. The van der Waals surface area contributed by atoms with Crippen molar-refractivity contribution in [2.45, 2.75) is 119 Å². The first-order valence-electron chi connectivity index (χ1n) is 14.4. The van der Waals surface area contributed by atoms with Crippen LogP contribution < -0.4 is 0 Å². The van der Waals surface area contributed by atoms with E-state index in [9.17, 15) is 5.11 Å². The third kappa shape index (κ3) is 17.5. The number of allylic oxidation sites excluding steroid dienone is 12. The third-order valence-corrected chi connectivity index (χ3v) is 6.88. The Morgan fingerprint density at radius 1 is 0.514 bits per heavy atom. The molecule has 0 atom stereocenters. The molecule has 37 heavy (non-hydrogen) atoms. The number of hydrogen-bond acceptors (Lipinski definition) is 1. The number of phenols is 1. The number of benzene rings is 1. The summed E-state index contributed by atoms with van der Waals surface area (Å²) in [6.45, 7) is 15.6. The molecule has 1 aromatic rings. The monoisotopic (exact) mass is 502 g/mol. The van der Waals surface area contributed by atoms with E-state index in [0.717, 1.165) is 50.5 Å². The molecule has 0 saturated heterocycles. The average Bonchev–Trinajstić information content (AvgIpc) is 2.83. The molecule has 0 aliphatic carbocycles. The molecule has 204 valence electrons. The molecule has 0 spiro atoms. The van der Waals surface area contributed by atoms with E-state index in [2.05, 4.69) is 84.9 Å². The Morgan fingerprint density at radius 2 is 0.865 bits per heavy atom. The highest BCUT2D eigenvalue weighted by Crippen LogP contribution is 2.19. The van der Waals surface area contributed by atoms with Gasteiger partial charge in [-0.15, -0.1) is 0 Å². The maximum atomic E-state index is 9.90. The van der Waals surface area contributed by atoms with Gasteiger partial charge in [0.05, 0.1) is 0 Å². The van der Waals surface area contributed by atoms with E-state index >= 15 is 0 Å². The summed E-state index contributed by atoms with van der Waals surface area (Å²) in [6, 6.07) is 7.60. The molecule has 0 heterocycles. The topological polar surface area (TPSA) is 20.2 Å². The second-order valence-corrected chi connectivity index (χ2v) is 11.1. The molecular formula is C36H54O. The van der Waals surface area contributed by atoms with Crippen molar-refractivity contribution in [3.05, 3.63) is 99.7 Å². The van der Waals surface area contributed by atoms with Crippen LogP contribution in [0.3, 0.4) is 0 Å². The smallest absolute Gasteiger partial charge is 0.119 e. The highest BCUT2D eigenvalue weighted by molar-refractivity contribution is 5.33. The van der Waals surface area contributed by atoms with Gasteiger partial charge in [0.25, 0.3) is 0 Å². The normalized spacial score (nSPS) is 13.8. The molecule has 0 aliphatic heterocycles. The molecule has 0 aliphatic rings. The number of aromatic hydroxyl groups is 1. The van der Waals surface area contributed by atoms with Crippen molar-refractivity contribution in [3.8, 4) is 5.75 Å². The lowest BCUT2D eigenvalue weighted by Gasteiger charge is -2.04. The molecule has 1 nitrogen and oxygen atoms in total. The van der Waals surface area contributed by atoms with Crippen LogP contribution in [0.4, 0.5) is 0 Å². The Hall–Kier alpha value is -2.54. The Kier molecular flexibility index (Phi) is 17.2. The van der Waals surface area contributed by atoms with E-state index in [1.54, 1.807) is 6.07 Å². The zero-order valence-electron chi connectivity index (χ0n) is 25.0. The molecule has 0 saturated carbocycles. The fourth-order valence-corrected chi connectivity index (χ4v) is 4.25. The summed E-state index contributed by atoms with van der Waals surface area (Å²) in [6.07, 6.45) is 26.5.